The van der Waals surface area contributed by atoms with Crippen molar-refractivity contribution in [3.63, 3.8) is 0 Å². The lowest BCUT2D eigenvalue weighted by atomic mass is 9.91. The lowest BCUT2D eigenvalue weighted by Crippen LogP contribution is -2.55. The molecule has 2 aliphatic rings. The first-order chi connectivity index (χ1) is 9.58. The van der Waals surface area contributed by atoms with Crippen molar-refractivity contribution < 1.29 is 9.53 Å². The van der Waals surface area contributed by atoms with Crippen LogP contribution in [0.5, 0.6) is 0 Å². The number of hydrogen-bond donors (Lipinski definition) is 1. The molecule has 132 valence electrons. The van der Waals surface area contributed by atoms with Crippen LogP contribution in [0.15, 0.2) is 0 Å². The fourth-order valence-electron chi connectivity index (χ4n) is 3.15. The van der Waals surface area contributed by atoms with E-state index in [4.69, 9.17) is 10.5 Å². The van der Waals surface area contributed by atoms with Crippen LogP contribution in [0, 0.1) is 11.8 Å². The van der Waals surface area contributed by atoms with Crippen molar-refractivity contribution in [2.45, 2.75) is 32.7 Å². The monoisotopic (exact) mass is 355 g/mol. The van der Waals surface area contributed by atoms with E-state index in [1.54, 1.807) is 0 Å². The van der Waals surface area contributed by atoms with Crippen molar-refractivity contribution in [2.75, 3.05) is 45.9 Å². The fourth-order valence-corrected chi connectivity index (χ4v) is 3.15. The Hall–Kier alpha value is -0.0700. The first-order valence-corrected chi connectivity index (χ1v) is 7.92. The molecule has 2 aliphatic heterocycles. The zero-order chi connectivity index (χ0) is 14.5. The molecule has 2 heterocycles. The Bertz CT molecular complexity index is 318. The lowest BCUT2D eigenvalue weighted by molar-refractivity contribution is -0.136. The quantitative estimate of drug-likeness (QED) is 0.827. The van der Waals surface area contributed by atoms with Gasteiger partial charge in [-0.15, -0.1) is 24.8 Å². The van der Waals surface area contributed by atoms with Crippen molar-refractivity contribution >= 4 is 30.7 Å². The molecule has 0 aromatic heterocycles. The van der Waals surface area contributed by atoms with Crippen molar-refractivity contribution in [1.29, 1.82) is 0 Å². The zero-order valence-corrected chi connectivity index (χ0v) is 15.3. The van der Waals surface area contributed by atoms with Crippen molar-refractivity contribution in [2.24, 2.45) is 17.6 Å². The predicted molar refractivity (Wildman–Crippen MR) is 93.9 cm³/mol. The first-order valence-electron chi connectivity index (χ1n) is 7.92. The average molecular weight is 356 g/mol. The molecule has 0 aromatic carbocycles. The summed E-state index contributed by atoms with van der Waals surface area (Å²) in [5, 5.41) is 0. The summed E-state index contributed by atoms with van der Waals surface area (Å²) in [7, 11) is 0. The molecule has 0 aromatic rings. The maximum Gasteiger partial charge on any atom is 0.239 e. The Balaban J connectivity index is 0.00000220. The van der Waals surface area contributed by atoms with E-state index in [-0.39, 0.29) is 36.8 Å². The second-order valence-electron chi connectivity index (χ2n) is 6.50. The molecule has 5 nitrogen and oxygen atoms in total. The Kier molecular flexibility index (Phi) is 10.6. The molecule has 1 atom stereocenters. The Labute approximate surface area is 146 Å². The van der Waals surface area contributed by atoms with Crippen LogP contribution < -0.4 is 5.73 Å². The molecule has 0 aliphatic carbocycles. The van der Waals surface area contributed by atoms with Crippen LogP contribution >= 0.6 is 24.8 Å². The van der Waals surface area contributed by atoms with Gasteiger partial charge in [-0.25, -0.2) is 0 Å². The smallest absolute Gasteiger partial charge is 0.239 e. The van der Waals surface area contributed by atoms with Gasteiger partial charge in [-0.2, -0.15) is 0 Å². The van der Waals surface area contributed by atoms with Crippen LogP contribution in [0.3, 0.4) is 0 Å². The molecule has 2 rings (SSSR count). The van der Waals surface area contributed by atoms with Crippen LogP contribution in [-0.4, -0.2) is 67.7 Å². The molecule has 7 heteroatoms. The molecule has 2 saturated heterocycles. The highest BCUT2D eigenvalue weighted by molar-refractivity contribution is 5.85. The number of rotatable bonds is 4. The summed E-state index contributed by atoms with van der Waals surface area (Å²) >= 11 is 0. The predicted octanol–water partition coefficient (Wildman–Crippen LogP) is 1.38. The maximum absolute atomic E-state index is 12.5. The molecule has 0 spiro atoms. The summed E-state index contributed by atoms with van der Waals surface area (Å²) in [4.78, 5) is 16.9. The van der Waals surface area contributed by atoms with Gasteiger partial charge in [0.1, 0.15) is 0 Å². The second kappa shape index (κ2) is 10.7. The summed E-state index contributed by atoms with van der Waals surface area (Å²) in [6, 6.07) is -0.337. The molecule has 2 N–H and O–H groups in total. The maximum atomic E-state index is 12.5. The highest BCUT2D eigenvalue weighted by atomic mass is 35.5. The zero-order valence-electron chi connectivity index (χ0n) is 13.7. The third-order valence-electron chi connectivity index (χ3n) is 4.37. The van der Waals surface area contributed by atoms with E-state index in [1.807, 2.05) is 4.90 Å². The Morgan fingerprint density at radius 1 is 1.14 bits per heavy atom. The van der Waals surface area contributed by atoms with Gasteiger partial charge in [0.15, 0.2) is 0 Å². The van der Waals surface area contributed by atoms with Gasteiger partial charge in [-0.1, -0.05) is 13.8 Å². The van der Waals surface area contributed by atoms with E-state index in [1.165, 1.54) is 0 Å². The molecule has 2 fully saturated rings. The molecule has 1 amide bonds. The van der Waals surface area contributed by atoms with Gasteiger partial charge in [-0.3, -0.25) is 9.69 Å². The SMILES string of the molecule is CC(C)CN1CCN(C(=O)C(N)C2CCOCC2)CC1.Cl.Cl. The second-order valence-corrected chi connectivity index (χ2v) is 6.50. The van der Waals surface area contributed by atoms with Gasteiger partial charge in [0, 0.05) is 45.9 Å². The molecular formula is C15H31Cl2N3O2. The van der Waals surface area contributed by atoms with Gasteiger partial charge >= 0.3 is 0 Å². The van der Waals surface area contributed by atoms with Crippen LogP contribution in [0.1, 0.15) is 26.7 Å². The van der Waals surface area contributed by atoms with E-state index < -0.39 is 0 Å². The molecule has 0 radical (unpaired) electrons. The van der Waals surface area contributed by atoms with E-state index in [2.05, 4.69) is 18.7 Å². The van der Waals surface area contributed by atoms with Crippen molar-refractivity contribution in [3.05, 3.63) is 0 Å². The van der Waals surface area contributed by atoms with E-state index in [0.717, 1.165) is 58.8 Å². The number of halogens is 2. The molecular weight excluding hydrogens is 325 g/mol. The number of amides is 1. The molecule has 0 bridgehead atoms. The minimum absolute atomic E-state index is 0. The summed E-state index contributed by atoms with van der Waals surface area (Å²) < 4.78 is 5.34. The minimum atomic E-state index is -0.337. The van der Waals surface area contributed by atoms with Gasteiger partial charge in [0.25, 0.3) is 0 Å². The van der Waals surface area contributed by atoms with E-state index in [9.17, 15) is 4.79 Å². The first kappa shape index (κ1) is 21.9. The third-order valence-corrected chi connectivity index (χ3v) is 4.37. The van der Waals surface area contributed by atoms with Gasteiger partial charge in [0.05, 0.1) is 6.04 Å². The van der Waals surface area contributed by atoms with Crippen molar-refractivity contribution in [1.82, 2.24) is 9.80 Å². The van der Waals surface area contributed by atoms with Crippen LogP contribution in [0.25, 0.3) is 0 Å². The highest BCUT2D eigenvalue weighted by Crippen LogP contribution is 2.19. The van der Waals surface area contributed by atoms with Gasteiger partial charge < -0.3 is 15.4 Å². The van der Waals surface area contributed by atoms with Gasteiger partial charge in [0.2, 0.25) is 5.91 Å². The molecule has 0 saturated carbocycles. The summed E-state index contributed by atoms with van der Waals surface area (Å²) in [6.07, 6.45) is 1.83. The van der Waals surface area contributed by atoms with Crippen molar-refractivity contribution in [3.8, 4) is 0 Å². The van der Waals surface area contributed by atoms with Gasteiger partial charge in [-0.05, 0) is 24.7 Å². The van der Waals surface area contributed by atoms with E-state index in [0.29, 0.717) is 11.8 Å². The summed E-state index contributed by atoms with van der Waals surface area (Å²) in [6.45, 7) is 10.7. The number of carbonyl (C=O) groups is 1. The number of piperazine rings is 1. The standard InChI is InChI=1S/C15H29N3O2.2ClH/c1-12(2)11-17-5-7-18(8-6-17)15(19)14(16)13-3-9-20-10-4-13;;/h12-14H,3-11,16H2,1-2H3;2*1H. The highest BCUT2D eigenvalue weighted by Gasteiger charge is 2.31. The largest absolute Gasteiger partial charge is 0.381 e. The number of nitrogens with zero attached hydrogens (tertiary/aromatic N) is 2. The number of hydrogen-bond acceptors (Lipinski definition) is 4. The molecule has 22 heavy (non-hydrogen) atoms. The van der Waals surface area contributed by atoms with Crippen LogP contribution in [0.4, 0.5) is 0 Å². The van der Waals surface area contributed by atoms with E-state index >= 15 is 0 Å². The molecule has 1 unspecified atom stereocenters. The average Bonchev–Trinajstić information content (AvgIpc) is 2.47. The Morgan fingerprint density at radius 3 is 2.18 bits per heavy atom. The minimum Gasteiger partial charge on any atom is -0.381 e. The number of ether oxygens (including phenoxy) is 1. The Morgan fingerprint density at radius 2 is 1.68 bits per heavy atom. The fraction of sp³-hybridized carbons (Fsp3) is 0.933. The summed E-state index contributed by atoms with van der Waals surface area (Å²) in [5.41, 5.74) is 6.18. The lowest BCUT2D eigenvalue weighted by Gasteiger charge is -2.38. The van der Waals surface area contributed by atoms with Crippen LogP contribution in [0.2, 0.25) is 0 Å². The number of carbonyl (C=O) groups excluding carboxylic acids is 1. The van der Waals surface area contributed by atoms with Crippen LogP contribution in [-0.2, 0) is 9.53 Å². The normalized spacial score (nSPS) is 21.9. The summed E-state index contributed by atoms with van der Waals surface area (Å²) in [5.74, 6) is 1.12. The number of nitrogens with two attached hydrogens (primary N) is 1. The topological polar surface area (TPSA) is 58.8 Å². The third kappa shape index (κ3) is 6.20.